The third kappa shape index (κ3) is 2.76. The monoisotopic (exact) mass is 301 g/mol. The molecule has 1 unspecified atom stereocenters. The molecular weight excluding hydrogens is 278 g/mol. The van der Waals surface area contributed by atoms with E-state index in [1.165, 1.54) is 22.3 Å². The molecule has 1 aromatic carbocycles. The first kappa shape index (κ1) is 14.7. The Balaban J connectivity index is 1.88. The quantitative estimate of drug-likeness (QED) is 0.920. The van der Waals surface area contributed by atoms with Gasteiger partial charge in [-0.15, -0.1) is 0 Å². The van der Waals surface area contributed by atoms with Crippen LogP contribution in [-0.2, 0) is 11.2 Å². The maximum absolute atomic E-state index is 12.2. The summed E-state index contributed by atoms with van der Waals surface area (Å²) in [5, 5.41) is 3.04. The minimum atomic E-state index is -0.0500. The zero-order valence-electron chi connectivity index (χ0n) is 13.0. The summed E-state index contributed by atoms with van der Waals surface area (Å²) < 4.78 is -0.0500. The second-order valence-electron chi connectivity index (χ2n) is 6.52. The Kier molecular flexibility index (Phi) is 3.87. The van der Waals surface area contributed by atoms with Gasteiger partial charge in [0.15, 0.2) is 0 Å². The second-order valence-corrected chi connectivity index (χ2v) is 8.12. The van der Waals surface area contributed by atoms with Gasteiger partial charge in [-0.05, 0) is 61.6 Å². The lowest BCUT2D eigenvalue weighted by molar-refractivity contribution is -0.121. The molecule has 0 fully saturated rings. The van der Waals surface area contributed by atoms with E-state index in [0.717, 1.165) is 18.6 Å². The van der Waals surface area contributed by atoms with E-state index in [0.29, 0.717) is 6.42 Å². The van der Waals surface area contributed by atoms with Gasteiger partial charge in [-0.3, -0.25) is 4.79 Å². The van der Waals surface area contributed by atoms with Crippen molar-refractivity contribution >= 4 is 23.2 Å². The molecule has 1 N–H and O–H groups in total. The molecule has 0 saturated carbocycles. The topological polar surface area (TPSA) is 29.1 Å². The smallest absolute Gasteiger partial charge is 0.221 e. The Morgan fingerprint density at radius 2 is 2.14 bits per heavy atom. The highest BCUT2D eigenvalue weighted by atomic mass is 32.2. The van der Waals surface area contributed by atoms with Crippen LogP contribution in [0.5, 0.6) is 0 Å². The molecule has 0 radical (unpaired) electrons. The first-order chi connectivity index (χ1) is 9.99. The molecule has 1 aromatic rings. The fraction of sp³-hybridized carbons (Fsp3) is 0.500. The zero-order valence-corrected chi connectivity index (χ0v) is 13.8. The Bertz CT molecular complexity index is 605. The predicted molar refractivity (Wildman–Crippen MR) is 90.4 cm³/mol. The largest absolute Gasteiger partial charge is 0.354 e. The van der Waals surface area contributed by atoms with Gasteiger partial charge < -0.3 is 5.32 Å². The van der Waals surface area contributed by atoms with Gasteiger partial charge in [0.05, 0.1) is 0 Å². The van der Waals surface area contributed by atoms with Gasteiger partial charge in [-0.1, -0.05) is 24.3 Å². The minimum Gasteiger partial charge on any atom is -0.354 e. The third-order valence-electron chi connectivity index (χ3n) is 4.43. The van der Waals surface area contributed by atoms with Crippen molar-refractivity contribution in [3.8, 4) is 0 Å². The second kappa shape index (κ2) is 5.53. The van der Waals surface area contributed by atoms with Crippen molar-refractivity contribution in [3.05, 3.63) is 41.0 Å². The number of hydrogen-bond acceptors (Lipinski definition) is 2. The molecular formula is C18H23NOS. The van der Waals surface area contributed by atoms with Crippen LogP contribution in [0.25, 0.3) is 5.57 Å². The molecule has 1 aliphatic carbocycles. The minimum absolute atomic E-state index is 0.0500. The standard InChI is InChI=1S/C18H23NOS/c1-12(2)19-17(20)11-18(3)16-10-13-6-4-5-7-14(13)15(16)8-9-21-18/h4-7,12H,8-11H2,1-3H3,(H,19,20). The van der Waals surface area contributed by atoms with Crippen molar-refractivity contribution in [2.24, 2.45) is 0 Å². The fourth-order valence-electron chi connectivity index (χ4n) is 3.52. The van der Waals surface area contributed by atoms with Crippen molar-refractivity contribution in [1.29, 1.82) is 0 Å². The van der Waals surface area contributed by atoms with E-state index in [9.17, 15) is 4.79 Å². The molecule has 3 heteroatoms. The van der Waals surface area contributed by atoms with E-state index >= 15 is 0 Å². The van der Waals surface area contributed by atoms with E-state index in [-0.39, 0.29) is 16.7 Å². The van der Waals surface area contributed by atoms with Crippen LogP contribution in [0.15, 0.2) is 29.8 Å². The molecule has 0 aromatic heterocycles. The molecule has 1 atom stereocenters. The highest BCUT2D eigenvalue weighted by Gasteiger charge is 2.40. The van der Waals surface area contributed by atoms with Crippen LogP contribution in [0.3, 0.4) is 0 Å². The number of nitrogens with one attached hydrogen (secondary N) is 1. The SMILES string of the molecule is CC(C)NC(=O)CC1(C)SCCC2=C1Cc1ccccc12. The molecule has 0 saturated heterocycles. The predicted octanol–water partition coefficient (Wildman–Crippen LogP) is 3.81. The Morgan fingerprint density at radius 1 is 1.38 bits per heavy atom. The van der Waals surface area contributed by atoms with E-state index in [1.807, 2.05) is 25.6 Å². The maximum Gasteiger partial charge on any atom is 0.221 e. The van der Waals surface area contributed by atoms with Crippen LogP contribution in [0.4, 0.5) is 0 Å². The lowest BCUT2D eigenvalue weighted by Crippen LogP contribution is -2.38. The molecule has 0 bridgehead atoms. The van der Waals surface area contributed by atoms with Gasteiger partial charge >= 0.3 is 0 Å². The fourth-order valence-corrected chi connectivity index (χ4v) is 4.88. The molecule has 1 heterocycles. The normalized spacial score (nSPS) is 24.0. The number of rotatable bonds is 3. The summed E-state index contributed by atoms with van der Waals surface area (Å²) in [5.74, 6) is 1.28. The molecule has 2 aliphatic rings. The summed E-state index contributed by atoms with van der Waals surface area (Å²) in [6, 6.07) is 8.92. The first-order valence-electron chi connectivity index (χ1n) is 7.74. The molecule has 1 amide bonds. The number of carbonyl (C=O) groups is 1. The highest BCUT2D eigenvalue weighted by Crippen LogP contribution is 2.51. The van der Waals surface area contributed by atoms with Gasteiger partial charge in [0.25, 0.3) is 0 Å². The summed E-state index contributed by atoms with van der Waals surface area (Å²) in [7, 11) is 0. The summed E-state index contributed by atoms with van der Waals surface area (Å²) in [6.45, 7) is 6.28. The molecule has 1 aliphatic heterocycles. The summed E-state index contributed by atoms with van der Waals surface area (Å²) in [5.41, 5.74) is 5.84. The maximum atomic E-state index is 12.2. The Labute approximate surface area is 131 Å². The number of amides is 1. The van der Waals surface area contributed by atoms with Gasteiger partial charge in [0.1, 0.15) is 0 Å². The van der Waals surface area contributed by atoms with Crippen molar-refractivity contribution < 1.29 is 4.79 Å². The van der Waals surface area contributed by atoms with Crippen LogP contribution in [0.2, 0.25) is 0 Å². The molecule has 0 spiro atoms. The summed E-state index contributed by atoms with van der Waals surface area (Å²) in [4.78, 5) is 12.2. The van der Waals surface area contributed by atoms with Crippen LogP contribution in [-0.4, -0.2) is 22.4 Å². The number of thioether (sulfide) groups is 1. The van der Waals surface area contributed by atoms with Crippen LogP contribution >= 0.6 is 11.8 Å². The van der Waals surface area contributed by atoms with E-state index in [2.05, 4.69) is 36.5 Å². The average Bonchev–Trinajstić information content (AvgIpc) is 2.78. The molecule has 3 rings (SSSR count). The molecule has 112 valence electrons. The van der Waals surface area contributed by atoms with Crippen molar-refractivity contribution in [1.82, 2.24) is 5.32 Å². The van der Waals surface area contributed by atoms with Gasteiger partial charge in [-0.25, -0.2) is 0 Å². The van der Waals surface area contributed by atoms with Gasteiger partial charge in [-0.2, -0.15) is 11.8 Å². The lowest BCUT2D eigenvalue weighted by Gasteiger charge is -2.35. The highest BCUT2D eigenvalue weighted by molar-refractivity contribution is 8.00. The van der Waals surface area contributed by atoms with E-state index < -0.39 is 0 Å². The number of hydrogen-bond donors (Lipinski definition) is 1. The third-order valence-corrected chi connectivity index (χ3v) is 5.87. The Hall–Kier alpha value is -1.22. The van der Waals surface area contributed by atoms with Crippen LogP contribution < -0.4 is 5.32 Å². The van der Waals surface area contributed by atoms with Crippen molar-refractivity contribution in [3.63, 3.8) is 0 Å². The average molecular weight is 301 g/mol. The number of carbonyl (C=O) groups excluding carboxylic acids is 1. The van der Waals surface area contributed by atoms with Crippen LogP contribution in [0, 0.1) is 0 Å². The lowest BCUT2D eigenvalue weighted by atomic mass is 9.90. The molecule has 2 nitrogen and oxygen atoms in total. The van der Waals surface area contributed by atoms with Crippen molar-refractivity contribution in [2.45, 2.75) is 50.8 Å². The van der Waals surface area contributed by atoms with E-state index in [1.54, 1.807) is 0 Å². The first-order valence-corrected chi connectivity index (χ1v) is 8.72. The number of fused-ring (bicyclic) bond motifs is 2. The number of benzene rings is 1. The summed E-state index contributed by atoms with van der Waals surface area (Å²) in [6.07, 6.45) is 2.74. The Morgan fingerprint density at radius 3 is 2.90 bits per heavy atom. The number of allylic oxidation sites excluding steroid dienone is 1. The van der Waals surface area contributed by atoms with Crippen LogP contribution in [0.1, 0.15) is 44.7 Å². The van der Waals surface area contributed by atoms with Crippen molar-refractivity contribution in [2.75, 3.05) is 5.75 Å². The van der Waals surface area contributed by atoms with Gasteiger partial charge in [0, 0.05) is 17.2 Å². The molecule has 21 heavy (non-hydrogen) atoms. The summed E-state index contributed by atoms with van der Waals surface area (Å²) >= 11 is 1.95. The van der Waals surface area contributed by atoms with E-state index in [4.69, 9.17) is 0 Å². The zero-order chi connectivity index (χ0) is 15.0. The van der Waals surface area contributed by atoms with Gasteiger partial charge in [0.2, 0.25) is 5.91 Å².